The van der Waals surface area contributed by atoms with Crippen molar-refractivity contribution in [3.63, 3.8) is 0 Å². The smallest absolute Gasteiger partial charge is 0.331 e. The maximum Gasteiger partial charge on any atom is 0.331 e. The van der Waals surface area contributed by atoms with Crippen LogP contribution in [0.3, 0.4) is 0 Å². The molecule has 0 spiro atoms. The molecule has 1 N–H and O–H groups in total. The highest BCUT2D eigenvalue weighted by molar-refractivity contribution is 6.04. The molecule has 0 radical (unpaired) electrons. The van der Waals surface area contributed by atoms with Crippen LogP contribution >= 0.6 is 0 Å². The third-order valence-corrected chi connectivity index (χ3v) is 6.82. The van der Waals surface area contributed by atoms with E-state index in [1.54, 1.807) is 44.6 Å². The van der Waals surface area contributed by atoms with Crippen molar-refractivity contribution < 1.29 is 9.53 Å². The quantitative estimate of drug-likeness (QED) is 0.278. The minimum absolute atomic E-state index is 0.348. The van der Waals surface area contributed by atoms with Crippen molar-refractivity contribution in [3.05, 3.63) is 67.9 Å². The molecule has 1 aliphatic rings. The predicted octanol–water partition coefficient (Wildman–Crippen LogP) is 2.21. The van der Waals surface area contributed by atoms with Crippen LogP contribution in [-0.4, -0.2) is 66.0 Å². The molecule has 10 nitrogen and oxygen atoms in total. The number of ether oxygens (including phenoxy) is 1. The van der Waals surface area contributed by atoms with Crippen molar-refractivity contribution in [2.75, 3.05) is 45.2 Å². The zero-order valence-corrected chi connectivity index (χ0v) is 22.8. The molecule has 0 unspecified atom stereocenters. The summed E-state index contributed by atoms with van der Waals surface area (Å²) in [7, 11) is 4.84. The molecule has 2 aromatic heterocycles. The van der Waals surface area contributed by atoms with Gasteiger partial charge in [-0.2, -0.15) is 0 Å². The number of aliphatic imine (C=N–C) groups is 1. The molecule has 10 heteroatoms. The number of aromatic nitrogens is 3. The van der Waals surface area contributed by atoms with Gasteiger partial charge >= 0.3 is 5.69 Å². The Hall–Kier alpha value is -3.92. The molecule has 3 aromatic rings. The fraction of sp³-hybridized carbons (Fsp3) is 0.429. The first-order valence-corrected chi connectivity index (χ1v) is 12.8. The number of carbonyl (C=O) groups is 1. The van der Waals surface area contributed by atoms with E-state index in [9.17, 15) is 14.4 Å². The van der Waals surface area contributed by atoms with Crippen molar-refractivity contribution in [2.24, 2.45) is 12.0 Å². The summed E-state index contributed by atoms with van der Waals surface area (Å²) < 4.78 is 9.70. The largest absolute Gasteiger partial charge is 0.497 e. The van der Waals surface area contributed by atoms with E-state index in [1.165, 1.54) is 11.7 Å². The van der Waals surface area contributed by atoms with Gasteiger partial charge < -0.3 is 19.5 Å². The van der Waals surface area contributed by atoms with E-state index in [-0.39, 0.29) is 12.3 Å². The predicted molar refractivity (Wildman–Crippen MR) is 151 cm³/mol. The normalized spacial score (nSPS) is 14.2. The van der Waals surface area contributed by atoms with E-state index in [4.69, 9.17) is 4.74 Å². The third-order valence-electron chi connectivity index (χ3n) is 6.82. The maximum absolute atomic E-state index is 14.0. The second kappa shape index (κ2) is 11.6. The maximum atomic E-state index is 14.0. The number of hydrogen-bond acceptors (Lipinski definition) is 7. The number of methoxy groups -OCH3 is 1. The van der Waals surface area contributed by atoms with Crippen LogP contribution in [0.2, 0.25) is 0 Å². The van der Waals surface area contributed by atoms with Gasteiger partial charge in [-0.25, -0.2) is 4.79 Å². The number of nitrogens with zero attached hydrogens (tertiary/aromatic N) is 5. The number of hydrogen-bond donors (Lipinski definition) is 1. The molecule has 1 aromatic carbocycles. The van der Waals surface area contributed by atoms with E-state index in [0.29, 0.717) is 28.9 Å². The summed E-state index contributed by atoms with van der Waals surface area (Å²) in [6.07, 6.45) is 4.73. The fourth-order valence-corrected chi connectivity index (χ4v) is 4.93. The molecule has 1 saturated heterocycles. The minimum Gasteiger partial charge on any atom is -0.497 e. The number of anilines is 1. The molecule has 4 rings (SSSR count). The number of fused-ring (bicyclic) bond motifs is 1. The monoisotopic (exact) mass is 520 g/mol. The van der Waals surface area contributed by atoms with Gasteiger partial charge in [-0.05, 0) is 38.9 Å². The van der Waals surface area contributed by atoms with Gasteiger partial charge in [0, 0.05) is 52.1 Å². The van der Waals surface area contributed by atoms with Crippen LogP contribution in [0.1, 0.15) is 36.2 Å². The summed E-state index contributed by atoms with van der Waals surface area (Å²) in [6, 6.07) is 6.70. The van der Waals surface area contributed by atoms with E-state index >= 15 is 0 Å². The van der Waals surface area contributed by atoms with Gasteiger partial charge in [0.25, 0.3) is 5.56 Å². The molecule has 1 aliphatic heterocycles. The number of ketones is 1. The summed E-state index contributed by atoms with van der Waals surface area (Å²) in [5.74, 6) is 1.04. The van der Waals surface area contributed by atoms with Crippen LogP contribution in [-0.2, 0) is 20.1 Å². The molecular weight excluding hydrogens is 484 g/mol. The molecule has 0 atom stereocenters. The lowest BCUT2D eigenvalue weighted by Gasteiger charge is -2.25. The van der Waals surface area contributed by atoms with Crippen molar-refractivity contribution >= 4 is 28.8 Å². The number of nitrogens with one attached hydrogen (secondary N) is 1. The van der Waals surface area contributed by atoms with E-state index in [2.05, 4.69) is 21.3 Å². The first-order chi connectivity index (χ1) is 18.3. The van der Waals surface area contributed by atoms with Crippen LogP contribution in [0.25, 0.3) is 11.0 Å². The lowest BCUT2D eigenvalue weighted by atomic mass is 10.1. The SMILES string of the molecule is CN=Cc1c(N2CCCNCC2)n(CC=C(C)C)c2c(=O)n(CC(=O)c3cccc(OC)c3)c(=O)n(C)c12. The van der Waals surface area contributed by atoms with E-state index in [0.717, 1.165) is 54.1 Å². The molecule has 0 bridgehead atoms. The van der Waals surface area contributed by atoms with Gasteiger partial charge in [0.1, 0.15) is 17.1 Å². The van der Waals surface area contributed by atoms with Crippen molar-refractivity contribution in [3.8, 4) is 5.75 Å². The topological polar surface area (TPSA) is 103 Å². The van der Waals surface area contributed by atoms with E-state index < -0.39 is 11.2 Å². The number of benzene rings is 1. The first-order valence-electron chi connectivity index (χ1n) is 12.8. The number of Topliss-reactive ketones (excluding diaryl/α,β-unsaturated/α-hetero) is 1. The average molecular weight is 521 g/mol. The van der Waals surface area contributed by atoms with E-state index in [1.807, 2.05) is 18.4 Å². The van der Waals surface area contributed by atoms with Gasteiger partial charge in [0.15, 0.2) is 5.78 Å². The average Bonchev–Trinajstić information content (AvgIpc) is 3.04. The zero-order chi connectivity index (χ0) is 27.4. The van der Waals surface area contributed by atoms with Gasteiger partial charge in [-0.15, -0.1) is 0 Å². The van der Waals surface area contributed by atoms with Crippen molar-refractivity contribution in [1.82, 2.24) is 19.0 Å². The Labute approximate surface area is 221 Å². The van der Waals surface area contributed by atoms with Crippen molar-refractivity contribution in [2.45, 2.75) is 33.4 Å². The van der Waals surface area contributed by atoms with Crippen LogP contribution in [0.15, 0.2) is 50.5 Å². The third kappa shape index (κ3) is 5.22. The highest BCUT2D eigenvalue weighted by Crippen LogP contribution is 2.30. The Morgan fingerprint density at radius 3 is 2.63 bits per heavy atom. The first kappa shape index (κ1) is 27.1. The highest BCUT2D eigenvalue weighted by atomic mass is 16.5. The molecule has 0 aliphatic carbocycles. The lowest BCUT2D eigenvalue weighted by molar-refractivity contribution is 0.0968. The van der Waals surface area contributed by atoms with Crippen molar-refractivity contribution in [1.29, 1.82) is 0 Å². The zero-order valence-electron chi connectivity index (χ0n) is 22.8. The lowest BCUT2D eigenvalue weighted by Crippen LogP contribution is -2.41. The van der Waals surface area contributed by atoms with Gasteiger partial charge in [-0.3, -0.25) is 23.7 Å². The Morgan fingerprint density at radius 2 is 1.92 bits per heavy atom. The molecule has 38 heavy (non-hydrogen) atoms. The number of rotatable bonds is 8. The van der Waals surface area contributed by atoms with Crippen LogP contribution < -0.4 is 26.2 Å². The molecule has 1 fully saturated rings. The molecule has 0 amide bonds. The summed E-state index contributed by atoms with van der Waals surface area (Å²) >= 11 is 0. The highest BCUT2D eigenvalue weighted by Gasteiger charge is 2.27. The Bertz CT molecular complexity index is 1510. The summed E-state index contributed by atoms with van der Waals surface area (Å²) in [4.78, 5) is 47.3. The van der Waals surface area contributed by atoms with Gasteiger partial charge in [0.05, 0.1) is 24.7 Å². The Morgan fingerprint density at radius 1 is 1.13 bits per heavy atom. The van der Waals surface area contributed by atoms with Gasteiger partial charge in [0.2, 0.25) is 0 Å². The Kier molecular flexibility index (Phi) is 8.31. The second-order valence-electron chi connectivity index (χ2n) is 9.69. The number of aryl methyl sites for hydroxylation is 1. The van der Waals surface area contributed by atoms with Gasteiger partial charge in [-0.1, -0.05) is 23.8 Å². The molecule has 0 saturated carbocycles. The Balaban J connectivity index is 1.98. The standard InChI is InChI=1S/C28H36N6O4/c1-19(2)10-14-33-25-24(22(17-29-3)26(33)32-13-7-11-30-12-15-32)31(4)28(37)34(27(25)36)18-23(35)20-8-6-9-21(16-20)38-5/h6,8-10,16-17,30H,7,11-15,18H2,1-5H3. The summed E-state index contributed by atoms with van der Waals surface area (Å²) in [5, 5.41) is 3.42. The fourth-order valence-electron chi connectivity index (χ4n) is 4.93. The summed E-state index contributed by atoms with van der Waals surface area (Å²) in [6.45, 7) is 7.39. The van der Waals surface area contributed by atoms with Crippen LogP contribution in [0, 0.1) is 0 Å². The minimum atomic E-state index is -0.548. The van der Waals surface area contributed by atoms with Crippen LogP contribution in [0.5, 0.6) is 5.75 Å². The van der Waals surface area contributed by atoms with Crippen LogP contribution in [0.4, 0.5) is 5.82 Å². The number of allylic oxidation sites excluding steroid dienone is 2. The molecular formula is C28H36N6O4. The second-order valence-corrected chi connectivity index (χ2v) is 9.69. The molecule has 3 heterocycles. The summed E-state index contributed by atoms with van der Waals surface area (Å²) in [5.41, 5.74) is 2.07. The molecule has 202 valence electrons. The number of carbonyl (C=O) groups excluding carboxylic acids is 1.